The minimum atomic E-state index is -1.86. The number of halogens is 1. The second-order valence-electron chi connectivity index (χ2n) is 4.67. The maximum atomic E-state index is 14.5. The number of methoxy groups -OCH3 is 1. The highest BCUT2D eigenvalue weighted by molar-refractivity contribution is 5.67. The Hall–Kier alpha value is -1.74. The van der Waals surface area contributed by atoms with Gasteiger partial charge in [-0.05, 0) is 0 Å². The number of alkyl halides is 1. The van der Waals surface area contributed by atoms with Crippen LogP contribution >= 0.6 is 0 Å². The van der Waals surface area contributed by atoms with Crippen molar-refractivity contribution in [1.82, 2.24) is 0 Å². The van der Waals surface area contributed by atoms with Crippen LogP contribution < -0.4 is 0 Å². The number of carbonyl (C=O) groups excluding carboxylic acids is 3. The topological polar surface area (TPSA) is 97.4 Å². The minimum absolute atomic E-state index is 0.388. The van der Waals surface area contributed by atoms with Gasteiger partial charge >= 0.3 is 17.9 Å². The van der Waals surface area contributed by atoms with Crippen LogP contribution in [0.15, 0.2) is 0 Å². The van der Waals surface area contributed by atoms with Crippen LogP contribution in [0.2, 0.25) is 0 Å². The molecule has 5 atom stereocenters. The van der Waals surface area contributed by atoms with E-state index in [1.807, 2.05) is 0 Å². The summed E-state index contributed by atoms with van der Waals surface area (Å²) in [5, 5.41) is 0. The molecular weight excluding hydrogens is 303 g/mol. The number of ether oxygens (including phenoxy) is 5. The lowest BCUT2D eigenvalue weighted by molar-refractivity contribution is -0.290. The van der Waals surface area contributed by atoms with Gasteiger partial charge < -0.3 is 23.7 Å². The van der Waals surface area contributed by atoms with Gasteiger partial charge in [0.2, 0.25) is 0 Å². The van der Waals surface area contributed by atoms with Crippen molar-refractivity contribution in [2.75, 3.05) is 13.7 Å². The van der Waals surface area contributed by atoms with Gasteiger partial charge in [-0.3, -0.25) is 14.4 Å². The van der Waals surface area contributed by atoms with Crippen molar-refractivity contribution < 1.29 is 42.5 Å². The molecular formula is C13H19FO8. The molecule has 9 heteroatoms. The molecule has 0 bridgehead atoms. The first-order valence-electron chi connectivity index (χ1n) is 6.56. The standard InChI is InChI=1S/C13H19FO8/c1-6(15)19-5-9-10(14)11(20-7(2)16)12(21-8(3)17)13(18-4)22-9/h9-13H,5H2,1-4H3/t9-,10+,11+,12-,13+/m1/s1. The largest absolute Gasteiger partial charge is 0.463 e. The van der Waals surface area contributed by atoms with Crippen molar-refractivity contribution >= 4 is 17.9 Å². The molecule has 126 valence electrons. The first kappa shape index (κ1) is 18.3. The molecule has 0 aromatic heterocycles. The van der Waals surface area contributed by atoms with E-state index >= 15 is 0 Å². The van der Waals surface area contributed by atoms with Crippen molar-refractivity contribution in [2.45, 2.75) is 51.5 Å². The van der Waals surface area contributed by atoms with Crippen molar-refractivity contribution in [3.63, 3.8) is 0 Å². The molecule has 0 aromatic rings. The lowest BCUT2D eigenvalue weighted by atomic mass is 10.00. The molecule has 0 spiro atoms. The van der Waals surface area contributed by atoms with Gasteiger partial charge in [0.15, 0.2) is 24.7 Å². The molecule has 0 N–H and O–H groups in total. The summed E-state index contributed by atoms with van der Waals surface area (Å²) in [5.41, 5.74) is 0. The van der Waals surface area contributed by atoms with Crippen LogP contribution in [0.25, 0.3) is 0 Å². The third-order valence-electron chi connectivity index (χ3n) is 2.86. The second kappa shape index (κ2) is 8.04. The average Bonchev–Trinajstić information content (AvgIpc) is 2.41. The molecule has 1 fully saturated rings. The first-order chi connectivity index (χ1) is 10.3. The predicted molar refractivity (Wildman–Crippen MR) is 68.3 cm³/mol. The predicted octanol–water partition coefficient (Wildman–Crippen LogP) is 0.122. The molecule has 1 aliphatic rings. The fraction of sp³-hybridized carbons (Fsp3) is 0.769. The van der Waals surface area contributed by atoms with Gasteiger partial charge in [0.25, 0.3) is 0 Å². The van der Waals surface area contributed by atoms with Gasteiger partial charge in [0.1, 0.15) is 12.7 Å². The van der Waals surface area contributed by atoms with E-state index in [0.717, 1.165) is 20.8 Å². The molecule has 0 aromatic carbocycles. The van der Waals surface area contributed by atoms with E-state index in [-0.39, 0.29) is 6.61 Å². The molecule has 0 amide bonds. The van der Waals surface area contributed by atoms with Crippen LogP contribution in [0, 0.1) is 0 Å². The summed E-state index contributed by atoms with van der Waals surface area (Å²) < 4.78 is 39.3. The van der Waals surface area contributed by atoms with Gasteiger partial charge in [0, 0.05) is 27.9 Å². The number of hydrogen-bond acceptors (Lipinski definition) is 8. The molecule has 1 saturated heterocycles. The average molecular weight is 322 g/mol. The lowest BCUT2D eigenvalue weighted by Crippen LogP contribution is -2.60. The van der Waals surface area contributed by atoms with Gasteiger partial charge in [-0.25, -0.2) is 4.39 Å². The van der Waals surface area contributed by atoms with Crippen LogP contribution in [0.4, 0.5) is 4.39 Å². The highest BCUT2D eigenvalue weighted by Gasteiger charge is 2.51. The van der Waals surface area contributed by atoms with Crippen molar-refractivity contribution in [3.8, 4) is 0 Å². The zero-order valence-electron chi connectivity index (χ0n) is 12.7. The maximum absolute atomic E-state index is 14.5. The van der Waals surface area contributed by atoms with Crippen molar-refractivity contribution in [3.05, 3.63) is 0 Å². The van der Waals surface area contributed by atoms with E-state index in [9.17, 15) is 18.8 Å². The number of rotatable bonds is 5. The van der Waals surface area contributed by atoms with Crippen LogP contribution in [0.3, 0.4) is 0 Å². The normalized spacial score (nSPS) is 31.2. The molecule has 1 rings (SSSR count). The Bertz CT molecular complexity index is 426. The smallest absolute Gasteiger partial charge is 0.303 e. The van der Waals surface area contributed by atoms with Crippen LogP contribution in [-0.4, -0.2) is 62.4 Å². The summed E-state index contributed by atoms with van der Waals surface area (Å²) in [6.07, 6.45) is -6.94. The monoisotopic (exact) mass is 322 g/mol. The fourth-order valence-electron chi connectivity index (χ4n) is 2.03. The van der Waals surface area contributed by atoms with Gasteiger partial charge in [-0.15, -0.1) is 0 Å². The molecule has 22 heavy (non-hydrogen) atoms. The summed E-state index contributed by atoms with van der Waals surface area (Å²) in [6, 6.07) is 0. The lowest BCUT2D eigenvalue weighted by Gasteiger charge is -2.41. The van der Waals surface area contributed by atoms with E-state index in [1.54, 1.807) is 0 Å². The highest BCUT2D eigenvalue weighted by Crippen LogP contribution is 2.29. The van der Waals surface area contributed by atoms with Gasteiger partial charge in [-0.2, -0.15) is 0 Å². The van der Waals surface area contributed by atoms with E-state index < -0.39 is 48.7 Å². The number of carbonyl (C=O) groups is 3. The molecule has 0 saturated carbocycles. The van der Waals surface area contributed by atoms with E-state index in [2.05, 4.69) is 0 Å². The van der Waals surface area contributed by atoms with Crippen LogP contribution in [-0.2, 0) is 38.1 Å². The zero-order chi connectivity index (χ0) is 16.9. The van der Waals surface area contributed by atoms with E-state index in [4.69, 9.17) is 23.7 Å². The van der Waals surface area contributed by atoms with Crippen LogP contribution in [0.5, 0.6) is 0 Å². The fourth-order valence-corrected chi connectivity index (χ4v) is 2.03. The Balaban J connectivity index is 2.95. The van der Waals surface area contributed by atoms with Crippen LogP contribution in [0.1, 0.15) is 20.8 Å². The summed E-state index contributed by atoms with van der Waals surface area (Å²) in [5.74, 6) is -2.08. The molecule has 0 aliphatic carbocycles. The zero-order valence-corrected chi connectivity index (χ0v) is 12.7. The van der Waals surface area contributed by atoms with E-state index in [0.29, 0.717) is 0 Å². The quantitative estimate of drug-likeness (QED) is 0.520. The first-order valence-corrected chi connectivity index (χ1v) is 6.56. The Labute approximate surface area is 126 Å². The van der Waals surface area contributed by atoms with Gasteiger partial charge in [-0.1, -0.05) is 0 Å². The van der Waals surface area contributed by atoms with Crippen molar-refractivity contribution in [2.24, 2.45) is 0 Å². The maximum Gasteiger partial charge on any atom is 0.303 e. The molecule has 1 heterocycles. The second-order valence-corrected chi connectivity index (χ2v) is 4.67. The SMILES string of the molecule is CO[C@H]1O[C@H](COC(C)=O)[C@H](F)[C@H](OC(C)=O)[C@H]1OC(C)=O. The summed E-state index contributed by atoms with van der Waals surface area (Å²) in [7, 11) is 1.26. The Morgan fingerprint density at radius 2 is 1.55 bits per heavy atom. The third kappa shape index (κ3) is 4.92. The molecule has 0 radical (unpaired) electrons. The summed E-state index contributed by atoms with van der Waals surface area (Å²) in [6.45, 7) is 2.99. The van der Waals surface area contributed by atoms with Gasteiger partial charge in [0.05, 0.1) is 0 Å². The van der Waals surface area contributed by atoms with Crippen molar-refractivity contribution in [1.29, 1.82) is 0 Å². The number of esters is 3. The molecule has 0 unspecified atom stereocenters. The Kier molecular flexibility index (Phi) is 6.69. The number of hydrogen-bond donors (Lipinski definition) is 0. The highest BCUT2D eigenvalue weighted by atomic mass is 19.1. The molecule has 1 aliphatic heterocycles. The summed E-state index contributed by atoms with van der Waals surface area (Å²) in [4.78, 5) is 33.1. The summed E-state index contributed by atoms with van der Waals surface area (Å²) >= 11 is 0. The Morgan fingerprint density at radius 1 is 1.00 bits per heavy atom. The van der Waals surface area contributed by atoms with E-state index in [1.165, 1.54) is 7.11 Å². The Morgan fingerprint density at radius 3 is 2.00 bits per heavy atom. The minimum Gasteiger partial charge on any atom is -0.463 e. The molecule has 8 nitrogen and oxygen atoms in total. The third-order valence-corrected chi connectivity index (χ3v) is 2.86.